The number of amides is 2. The van der Waals surface area contributed by atoms with Crippen LogP contribution in [0.2, 0.25) is 0 Å². The van der Waals surface area contributed by atoms with Crippen molar-refractivity contribution in [2.24, 2.45) is 5.92 Å². The highest BCUT2D eigenvalue weighted by atomic mass is 19.2. The summed E-state index contributed by atoms with van der Waals surface area (Å²) < 4.78 is 38.0. The Morgan fingerprint density at radius 1 is 0.897 bits per heavy atom. The first-order valence-corrected chi connectivity index (χ1v) is 9.76. The van der Waals surface area contributed by atoms with E-state index >= 15 is 0 Å². The molecule has 5 nitrogen and oxygen atoms in total. The van der Waals surface area contributed by atoms with Gasteiger partial charge in [-0.1, -0.05) is 26.0 Å². The Kier molecular flexibility index (Phi) is 6.56. The molecule has 1 aliphatic rings. The molecule has 2 aromatic carbocycles. The van der Waals surface area contributed by atoms with E-state index in [9.17, 15) is 13.6 Å². The summed E-state index contributed by atoms with van der Waals surface area (Å²) in [6.07, 6.45) is 0.820. The molecule has 156 valence electrons. The van der Waals surface area contributed by atoms with Crippen molar-refractivity contribution < 1.29 is 23.0 Å². The van der Waals surface area contributed by atoms with E-state index in [0.29, 0.717) is 30.3 Å². The second kappa shape index (κ2) is 9.11. The zero-order chi connectivity index (χ0) is 21.0. The van der Waals surface area contributed by atoms with E-state index in [1.54, 1.807) is 6.92 Å². The highest BCUT2D eigenvalue weighted by molar-refractivity contribution is 5.75. The van der Waals surface area contributed by atoms with Crippen molar-refractivity contribution in [3.8, 4) is 11.5 Å². The van der Waals surface area contributed by atoms with Gasteiger partial charge in [-0.05, 0) is 48.2 Å². The molecule has 0 aliphatic carbocycles. The molecule has 3 rings (SSSR count). The summed E-state index contributed by atoms with van der Waals surface area (Å²) in [5.41, 5.74) is 1.38. The predicted octanol–water partition coefficient (Wildman–Crippen LogP) is 4.88. The number of nitrogens with one attached hydrogen (secondary N) is 2. The fourth-order valence-corrected chi connectivity index (χ4v) is 3.25. The van der Waals surface area contributed by atoms with Gasteiger partial charge in [-0.3, -0.25) is 0 Å². The van der Waals surface area contributed by atoms with E-state index in [1.807, 2.05) is 32.0 Å². The Hall–Kier alpha value is -2.83. The molecule has 0 fully saturated rings. The number of benzene rings is 2. The van der Waals surface area contributed by atoms with Gasteiger partial charge in [0, 0.05) is 6.42 Å². The first kappa shape index (κ1) is 20.9. The number of ether oxygens (including phenoxy) is 2. The summed E-state index contributed by atoms with van der Waals surface area (Å²) in [5.74, 6) is -0.374. The van der Waals surface area contributed by atoms with Crippen LogP contribution in [0.25, 0.3) is 0 Å². The summed E-state index contributed by atoms with van der Waals surface area (Å²) >= 11 is 0. The fraction of sp³-hybridized carbons (Fsp3) is 0.409. The van der Waals surface area contributed by atoms with Crippen LogP contribution in [0.15, 0.2) is 36.4 Å². The monoisotopic (exact) mass is 404 g/mol. The average molecular weight is 404 g/mol. The van der Waals surface area contributed by atoms with E-state index in [1.165, 1.54) is 6.07 Å². The van der Waals surface area contributed by atoms with E-state index in [4.69, 9.17) is 9.47 Å². The van der Waals surface area contributed by atoms with Crippen molar-refractivity contribution >= 4 is 6.03 Å². The molecule has 0 radical (unpaired) electrons. The zero-order valence-electron chi connectivity index (χ0n) is 16.8. The van der Waals surface area contributed by atoms with Crippen LogP contribution in [0, 0.1) is 17.6 Å². The van der Waals surface area contributed by atoms with Gasteiger partial charge in [0.2, 0.25) is 0 Å². The minimum atomic E-state index is -0.941. The quantitative estimate of drug-likeness (QED) is 0.746. The first-order chi connectivity index (χ1) is 13.8. The van der Waals surface area contributed by atoms with E-state index in [2.05, 4.69) is 10.6 Å². The fourth-order valence-electron chi connectivity index (χ4n) is 3.25. The lowest BCUT2D eigenvalue weighted by Crippen LogP contribution is -2.40. The number of carbonyl (C=O) groups excluding carboxylic acids is 1. The summed E-state index contributed by atoms with van der Waals surface area (Å²) in [5, 5.41) is 5.74. The Bertz CT molecular complexity index is 873. The third-order valence-electron chi connectivity index (χ3n) is 4.88. The predicted molar refractivity (Wildman–Crippen MR) is 106 cm³/mol. The van der Waals surface area contributed by atoms with Crippen LogP contribution < -0.4 is 20.1 Å². The third-order valence-corrected chi connectivity index (χ3v) is 4.88. The molecular weight excluding hydrogens is 378 g/mol. The largest absolute Gasteiger partial charge is 0.490 e. The lowest BCUT2D eigenvalue weighted by molar-refractivity contribution is 0.230. The standard InChI is InChI=1S/C22H26F2N2O3/c1-13(2)21(16-6-8-19-20(12-16)29-10-4-9-28-19)26-22(27)25-14(3)15-5-7-17(23)18(24)11-15/h5-8,11-14,21H,4,9-10H2,1-3H3,(H2,25,26,27)/t14-,21+/m0/s1. The maximum atomic E-state index is 13.5. The van der Waals surface area contributed by atoms with Crippen molar-refractivity contribution in [1.82, 2.24) is 10.6 Å². The van der Waals surface area contributed by atoms with Gasteiger partial charge in [0.1, 0.15) is 0 Å². The van der Waals surface area contributed by atoms with Gasteiger partial charge in [-0.25, -0.2) is 13.6 Å². The number of hydrogen-bond donors (Lipinski definition) is 2. The Balaban J connectivity index is 1.70. The summed E-state index contributed by atoms with van der Waals surface area (Å²) in [7, 11) is 0. The van der Waals surface area contributed by atoms with Gasteiger partial charge < -0.3 is 20.1 Å². The lowest BCUT2D eigenvalue weighted by atomic mass is 9.95. The van der Waals surface area contributed by atoms with Gasteiger partial charge >= 0.3 is 6.03 Å². The number of halogens is 2. The SMILES string of the molecule is CC(C)[C@@H](NC(=O)N[C@@H](C)c1ccc(F)c(F)c1)c1ccc2c(c1)OCCCO2. The Morgan fingerprint density at radius 3 is 2.28 bits per heavy atom. The molecule has 0 saturated heterocycles. The summed E-state index contributed by atoms with van der Waals surface area (Å²) in [6, 6.07) is 8.11. The van der Waals surface area contributed by atoms with Crippen LogP contribution in [0.5, 0.6) is 11.5 Å². The Labute approximate surface area is 169 Å². The number of carbonyl (C=O) groups is 1. The number of urea groups is 1. The van der Waals surface area contributed by atoms with E-state index in [0.717, 1.165) is 24.1 Å². The van der Waals surface area contributed by atoms with Crippen molar-refractivity contribution in [3.05, 3.63) is 59.2 Å². The van der Waals surface area contributed by atoms with Gasteiger partial charge in [0.25, 0.3) is 0 Å². The maximum Gasteiger partial charge on any atom is 0.315 e. The summed E-state index contributed by atoms with van der Waals surface area (Å²) in [4.78, 5) is 12.6. The number of rotatable bonds is 5. The van der Waals surface area contributed by atoms with Crippen LogP contribution in [0.1, 0.15) is 50.4 Å². The van der Waals surface area contributed by atoms with Crippen LogP contribution in [0.4, 0.5) is 13.6 Å². The van der Waals surface area contributed by atoms with Crippen molar-refractivity contribution in [2.45, 2.75) is 39.3 Å². The molecule has 0 aromatic heterocycles. The van der Waals surface area contributed by atoms with Crippen LogP contribution in [0.3, 0.4) is 0 Å². The number of hydrogen-bond acceptors (Lipinski definition) is 3. The molecule has 7 heteroatoms. The number of fused-ring (bicyclic) bond motifs is 1. The highest BCUT2D eigenvalue weighted by Gasteiger charge is 2.22. The normalized spacial score (nSPS) is 15.4. The zero-order valence-corrected chi connectivity index (χ0v) is 16.8. The molecule has 0 unspecified atom stereocenters. The van der Waals surface area contributed by atoms with Gasteiger partial charge in [0.05, 0.1) is 25.3 Å². The molecule has 0 spiro atoms. The smallest absolute Gasteiger partial charge is 0.315 e. The van der Waals surface area contributed by atoms with Crippen molar-refractivity contribution in [1.29, 1.82) is 0 Å². The lowest BCUT2D eigenvalue weighted by Gasteiger charge is -2.25. The Morgan fingerprint density at radius 2 is 1.59 bits per heavy atom. The second-order valence-corrected chi connectivity index (χ2v) is 7.49. The maximum absolute atomic E-state index is 13.5. The second-order valence-electron chi connectivity index (χ2n) is 7.49. The molecular formula is C22H26F2N2O3. The molecule has 0 saturated carbocycles. The minimum absolute atomic E-state index is 0.115. The molecule has 0 bridgehead atoms. The molecule has 2 N–H and O–H groups in total. The average Bonchev–Trinajstić information content (AvgIpc) is 2.92. The first-order valence-electron chi connectivity index (χ1n) is 9.76. The van der Waals surface area contributed by atoms with Gasteiger partial charge in [0.15, 0.2) is 23.1 Å². The van der Waals surface area contributed by atoms with Crippen LogP contribution in [-0.4, -0.2) is 19.2 Å². The third kappa shape index (κ3) is 5.16. The summed E-state index contributed by atoms with van der Waals surface area (Å²) in [6.45, 7) is 6.93. The molecule has 2 amide bonds. The highest BCUT2D eigenvalue weighted by Crippen LogP contribution is 2.34. The van der Waals surface area contributed by atoms with Crippen LogP contribution >= 0.6 is 0 Å². The van der Waals surface area contributed by atoms with E-state index < -0.39 is 23.7 Å². The van der Waals surface area contributed by atoms with Gasteiger partial charge in [-0.15, -0.1) is 0 Å². The topological polar surface area (TPSA) is 59.6 Å². The molecule has 2 aromatic rings. The van der Waals surface area contributed by atoms with Crippen molar-refractivity contribution in [2.75, 3.05) is 13.2 Å². The van der Waals surface area contributed by atoms with Crippen LogP contribution in [-0.2, 0) is 0 Å². The van der Waals surface area contributed by atoms with Gasteiger partial charge in [-0.2, -0.15) is 0 Å². The minimum Gasteiger partial charge on any atom is -0.490 e. The molecule has 1 heterocycles. The van der Waals surface area contributed by atoms with E-state index in [-0.39, 0.29) is 12.0 Å². The van der Waals surface area contributed by atoms with Crippen molar-refractivity contribution in [3.63, 3.8) is 0 Å². The molecule has 29 heavy (non-hydrogen) atoms. The molecule has 2 atom stereocenters. The molecule has 1 aliphatic heterocycles.